The molecule has 0 saturated heterocycles. The Morgan fingerprint density at radius 3 is 2.67 bits per heavy atom. The Balaban J connectivity index is 1.45. The zero-order valence-electron chi connectivity index (χ0n) is 14.7. The van der Waals surface area contributed by atoms with Gasteiger partial charge in [-0.25, -0.2) is 4.98 Å². The predicted octanol–water partition coefficient (Wildman–Crippen LogP) is 2.81. The van der Waals surface area contributed by atoms with Gasteiger partial charge >= 0.3 is 5.91 Å². The van der Waals surface area contributed by atoms with Crippen molar-refractivity contribution >= 4 is 33.8 Å². The number of nitrogens with zero attached hydrogens (tertiary/aromatic N) is 2. The van der Waals surface area contributed by atoms with Crippen LogP contribution in [0.5, 0.6) is 0 Å². The summed E-state index contributed by atoms with van der Waals surface area (Å²) in [4.78, 5) is 29.1. The fourth-order valence-corrected chi connectivity index (χ4v) is 3.04. The third-order valence-corrected chi connectivity index (χ3v) is 4.32. The first-order valence-electron chi connectivity index (χ1n) is 8.67. The molecule has 27 heavy (non-hydrogen) atoms. The van der Waals surface area contributed by atoms with Crippen molar-refractivity contribution in [2.45, 2.75) is 19.9 Å². The first-order valence-corrected chi connectivity index (χ1v) is 8.67. The summed E-state index contributed by atoms with van der Waals surface area (Å²) in [6, 6.07) is 16.6. The molecular weight excluding hydrogens is 344 g/mol. The molecule has 0 unspecified atom stereocenters. The molecule has 136 valence electrons. The van der Waals surface area contributed by atoms with Crippen LogP contribution in [0.4, 0.5) is 0 Å². The van der Waals surface area contributed by atoms with Crippen molar-refractivity contribution in [3.8, 4) is 0 Å². The predicted molar refractivity (Wildman–Crippen MR) is 101 cm³/mol. The van der Waals surface area contributed by atoms with Gasteiger partial charge in [0, 0.05) is 11.8 Å². The van der Waals surface area contributed by atoms with Gasteiger partial charge in [-0.3, -0.25) is 20.4 Å². The average Bonchev–Trinajstić information content (AvgIpc) is 3.28. The lowest BCUT2D eigenvalue weighted by Gasteiger charge is -2.09. The lowest BCUT2D eigenvalue weighted by atomic mass is 10.2. The van der Waals surface area contributed by atoms with Gasteiger partial charge in [0.2, 0.25) is 0 Å². The van der Waals surface area contributed by atoms with E-state index in [1.807, 2.05) is 54.0 Å². The van der Waals surface area contributed by atoms with Crippen LogP contribution in [0.15, 0.2) is 59.0 Å². The molecule has 0 radical (unpaired) electrons. The van der Waals surface area contributed by atoms with E-state index in [0.29, 0.717) is 12.0 Å². The number of benzene rings is 2. The summed E-state index contributed by atoms with van der Waals surface area (Å²) in [5.41, 5.74) is 7.16. The monoisotopic (exact) mass is 362 g/mol. The van der Waals surface area contributed by atoms with Crippen molar-refractivity contribution < 1.29 is 14.0 Å². The van der Waals surface area contributed by atoms with Crippen LogP contribution in [0.25, 0.3) is 22.0 Å². The molecule has 7 nitrogen and oxygen atoms in total. The SMILES string of the molecule is CCc1nc2ccccc2n1CC(=O)NNC(=O)c1cc2ccccc2o1. The van der Waals surface area contributed by atoms with Crippen molar-refractivity contribution in [2.75, 3.05) is 0 Å². The maximum atomic E-state index is 12.3. The third kappa shape index (κ3) is 3.27. The number of hydrazine groups is 1. The Morgan fingerprint density at radius 2 is 1.85 bits per heavy atom. The fraction of sp³-hybridized carbons (Fsp3) is 0.150. The summed E-state index contributed by atoms with van der Waals surface area (Å²) in [7, 11) is 0. The van der Waals surface area contributed by atoms with Gasteiger partial charge in [-0.15, -0.1) is 0 Å². The van der Waals surface area contributed by atoms with Gasteiger partial charge in [0.25, 0.3) is 5.91 Å². The first-order chi connectivity index (χ1) is 13.2. The quantitative estimate of drug-likeness (QED) is 0.546. The number of amides is 2. The molecule has 0 aliphatic rings. The second-order valence-corrected chi connectivity index (χ2v) is 6.11. The number of furan rings is 1. The summed E-state index contributed by atoms with van der Waals surface area (Å²) < 4.78 is 7.33. The minimum absolute atomic E-state index is 0.0596. The summed E-state index contributed by atoms with van der Waals surface area (Å²) in [6.45, 7) is 2.04. The molecule has 2 aromatic carbocycles. The van der Waals surface area contributed by atoms with E-state index >= 15 is 0 Å². The third-order valence-electron chi connectivity index (χ3n) is 4.32. The van der Waals surface area contributed by atoms with E-state index in [9.17, 15) is 9.59 Å². The molecule has 0 saturated carbocycles. The number of rotatable bonds is 4. The van der Waals surface area contributed by atoms with E-state index < -0.39 is 5.91 Å². The van der Waals surface area contributed by atoms with Crippen LogP contribution in [0.2, 0.25) is 0 Å². The van der Waals surface area contributed by atoms with E-state index in [0.717, 1.165) is 22.2 Å². The summed E-state index contributed by atoms with van der Waals surface area (Å²) in [5, 5.41) is 0.825. The van der Waals surface area contributed by atoms with Crippen LogP contribution < -0.4 is 10.9 Å². The Kier molecular flexibility index (Phi) is 4.33. The van der Waals surface area contributed by atoms with Crippen LogP contribution in [0.1, 0.15) is 23.3 Å². The van der Waals surface area contributed by atoms with Crippen LogP contribution in [0, 0.1) is 0 Å². The van der Waals surface area contributed by atoms with Crippen LogP contribution in [0.3, 0.4) is 0 Å². The standard InChI is InChI=1S/C20H18N4O3/c1-2-18-21-14-8-4-5-9-15(14)24(18)12-19(25)22-23-20(26)17-11-13-7-3-6-10-16(13)27-17/h3-11H,2,12H2,1H3,(H,22,25)(H,23,26). The lowest BCUT2D eigenvalue weighted by molar-refractivity contribution is -0.122. The minimum Gasteiger partial charge on any atom is -0.451 e. The van der Waals surface area contributed by atoms with Crippen LogP contribution in [-0.2, 0) is 17.8 Å². The minimum atomic E-state index is -0.509. The van der Waals surface area contributed by atoms with Crippen molar-refractivity contribution in [2.24, 2.45) is 0 Å². The topological polar surface area (TPSA) is 89.2 Å². The summed E-state index contributed by atoms with van der Waals surface area (Å²) in [6.07, 6.45) is 0.702. The number of carbonyl (C=O) groups excluding carboxylic acids is 2. The first kappa shape index (κ1) is 16.8. The average molecular weight is 362 g/mol. The largest absolute Gasteiger partial charge is 0.451 e. The van der Waals surface area contributed by atoms with Gasteiger partial charge in [0.15, 0.2) is 5.76 Å². The molecule has 0 aliphatic heterocycles. The van der Waals surface area contributed by atoms with Crippen molar-refractivity contribution in [3.05, 3.63) is 66.2 Å². The molecular formula is C20H18N4O3. The molecule has 2 amide bonds. The molecule has 2 heterocycles. The number of nitrogens with one attached hydrogen (secondary N) is 2. The van der Waals surface area contributed by atoms with Gasteiger partial charge < -0.3 is 8.98 Å². The zero-order chi connectivity index (χ0) is 18.8. The number of hydrogen-bond donors (Lipinski definition) is 2. The van der Waals surface area contributed by atoms with E-state index in [4.69, 9.17) is 4.42 Å². The molecule has 0 aliphatic carbocycles. The maximum Gasteiger partial charge on any atom is 0.305 e. The number of fused-ring (bicyclic) bond motifs is 2. The number of para-hydroxylation sites is 3. The Morgan fingerprint density at radius 1 is 1.07 bits per heavy atom. The summed E-state index contributed by atoms with van der Waals surface area (Å²) >= 11 is 0. The highest BCUT2D eigenvalue weighted by Crippen LogP contribution is 2.18. The smallest absolute Gasteiger partial charge is 0.305 e. The highest BCUT2D eigenvalue weighted by atomic mass is 16.3. The molecule has 0 bridgehead atoms. The Labute approximate surface area is 155 Å². The molecule has 4 rings (SSSR count). The molecule has 0 spiro atoms. The number of imidazole rings is 1. The zero-order valence-corrected chi connectivity index (χ0v) is 14.7. The van der Waals surface area contributed by atoms with Crippen molar-refractivity contribution in [1.82, 2.24) is 20.4 Å². The Bertz CT molecular complexity index is 1110. The van der Waals surface area contributed by atoms with Gasteiger partial charge in [-0.1, -0.05) is 37.3 Å². The molecule has 0 atom stereocenters. The van der Waals surface area contributed by atoms with Crippen molar-refractivity contribution in [1.29, 1.82) is 0 Å². The highest BCUT2D eigenvalue weighted by molar-refractivity contribution is 5.97. The molecule has 2 N–H and O–H groups in total. The van der Waals surface area contributed by atoms with E-state index in [1.165, 1.54) is 0 Å². The van der Waals surface area contributed by atoms with Gasteiger partial charge in [0.1, 0.15) is 18.0 Å². The van der Waals surface area contributed by atoms with Crippen molar-refractivity contribution in [3.63, 3.8) is 0 Å². The van der Waals surface area contributed by atoms with E-state index in [2.05, 4.69) is 15.8 Å². The van der Waals surface area contributed by atoms with Gasteiger partial charge in [0.05, 0.1) is 11.0 Å². The Hall–Kier alpha value is -3.61. The number of aromatic nitrogens is 2. The van der Waals surface area contributed by atoms with Gasteiger partial charge in [-0.2, -0.15) is 0 Å². The molecule has 7 heteroatoms. The molecule has 0 fully saturated rings. The highest BCUT2D eigenvalue weighted by Gasteiger charge is 2.15. The van der Waals surface area contributed by atoms with Gasteiger partial charge in [-0.05, 0) is 24.3 Å². The fourth-order valence-electron chi connectivity index (χ4n) is 3.04. The lowest BCUT2D eigenvalue weighted by Crippen LogP contribution is -2.43. The number of carbonyl (C=O) groups is 2. The van der Waals surface area contributed by atoms with E-state index in [1.54, 1.807) is 12.1 Å². The second-order valence-electron chi connectivity index (χ2n) is 6.11. The molecule has 4 aromatic rings. The number of aryl methyl sites for hydroxylation is 1. The van der Waals surface area contributed by atoms with Crippen LogP contribution in [-0.4, -0.2) is 21.4 Å². The van der Waals surface area contributed by atoms with E-state index in [-0.39, 0.29) is 18.2 Å². The molecule has 2 aromatic heterocycles. The summed E-state index contributed by atoms with van der Waals surface area (Å²) in [5.74, 6) is 0.0943. The second kappa shape index (κ2) is 6.95. The number of hydrogen-bond acceptors (Lipinski definition) is 4. The van der Waals surface area contributed by atoms with Crippen LogP contribution >= 0.6 is 0 Å². The maximum absolute atomic E-state index is 12.3. The normalized spacial score (nSPS) is 11.0.